The van der Waals surface area contributed by atoms with Gasteiger partial charge in [0.05, 0.1) is 0 Å². The van der Waals surface area contributed by atoms with Crippen LogP contribution in [0.1, 0.15) is 36.8 Å². The van der Waals surface area contributed by atoms with Gasteiger partial charge in [-0.05, 0) is 102 Å². The molecule has 0 N–H and O–H groups in total. The van der Waals surface area contributed by atoms with Gasteiger partial charge >= 0.3 is 0 Å². The molecule has 8 rings (SSSR count). The third-order valence-corrected chi connectivity index (χ3v) is 8.08. The van der Waals surface area contributed by atoms with Crippen molar-refractivity contribution in [1.29, 1.82) is 0 Å². The zero-order valence-corrected chi connectivity index (χ0v) is 17.9. The zero-order valence-electron chi connectivity index (χ0n) is 17.9. The quantitative estimate of drug-likeness (QED) is 0.432. The van der Waals surface area contributed by atoms with Crippen LogP contribution in [0.5, 0.6) is 0 Å². The van der Waals surface area contributed by atoms with Gasteiger partial charge in [-0.15, -0.1) is 0 Å². The lowest BCUT2D eigenvalue weighted by molar-refractivity contribution is 1.01. The fourth-order valence-electron chi connectivity index (χ4n) is 6.85. The Bertz CT molecular complexity index is 1630. The summed E-state index contributed by atoms with van der Waals surface area (Å²) < 4.78 is 0. The van der Waals surface area contributed by atoms with Gasteiger partial charge in [-0.3, -0.25) is 0 Å². The SMILES string of the molecule is c1ccc2c(c1)C1=c3c-2cccc3=C(C2=c3cccc4c3=C(CC2)c2ccccc2-4)CC1. The first kappa shape index (κ1) is 17.0. The summed E-state index contributed by atoms with van der Waals surface area (Å²) in [5.41, 5.74) is 14.9. The molecular weight excluding hydrogens is 384 g/mol. The van der Waals surface area contributed by atoms with E-state index in [1.54, 1.807) is 22.3 Å². The van der Waals surface area contributed by atoms with Crippen molar-refractivity contribution in [3.63, 3.8) is 0 Å². The standard InChI is InChI=1S/C32H22/c1-3-9-21-19(7-1)25-11-5-13-27-23(15-17-29(21)31(25)27)24-16-18-30-22-10-4-2-8-20(22)26-12-6-14-28(24)32(26)30/h1-14H,15-18H2. The lowest BCUT2D eigenvalue weighted by Gasteiger charge is -2.21. The molecule has 4 aromatic rings. The first-order valence-corrected chi connectivity index (χ1v) is 11.8. The third kappa shape index (κ3) is 1.99. The summed E-state index contributed by atoms with van der Waals surface area (Å²) in [6.07, 6.45) is 4.57. The van der Waals surface area contributed by atoms with E-state index in [-0.39, 0.29) is 0 Å². The second-order valence-corrected chi connectivity index (χ2v) is 9.46. The van der Waals surface area contributed by atoms with Gasteiger partial charge in [0.15, 0.2) is 0 Å². The maximum atomic E-state index is 2.38. The van der Waals surface area contributed by atoms with Crippen LogP contribution in [0.3, 0.4) is 0 Å². The monoisotopic (exact) mass is 406 g/mol. The van der Waals surface area contributed by atoms with Crippen LogP contribution in [0.4, 0.5) is 0 Å². The van der Waals surface area contributed by atoms with Crippen molar-refractivity contribution in [2.75, 3.05) is 0 Å². The highest BCUT2D eigenvalue weighted by Gasteiger charge is 2.28. The highest BCUT2D eigenvalue weighted by Crippen LogP contribution is 2.40. The maximum Gasteiger partial charge on any atom is -0.00639 e. The summed E-state index contributed by atoms with van der Waals surface area (Å²) in [6.45, 7) is 0. The van der Waals surface area contributed by atoms with E-state index < -0.39 is 0 Å². The van der Waals surface area contributed by atoms with Crippen LogP contribution in [-0.2, 0) is 0 Å². The van der Waals surface area contributed by atoms with Crippen LogP contribution >= 0.6 is 0 Å². The molecule has 0 saturated heterocycles. The van der Waals surface area contributed by atoms with Gasteiger partial charge in [-0.1, -0.05) is 84.9 Å². The van der Waals surface area contributed by atoms with Crippen molar-refractivity contribution < 1.29 is 0 Å². The average molecular weight is 407 g/mol. The Labute approximate surface area is 187 Å². The minimum absolute atomic E-state index is 1.14. The zero-order chi connectivity index (χ0) is 20.8. The number of rotatable bonds is 1. The van der Waals surface area contributed by atoms with E-state index in [9.17, 15) is 0 Å². The van der Waals surface area contributed by atoms with Gasteiger partial charge in [-0.25, -0.2) is 0 Å². The predicted octanol–water partition coefficient (Wildman–Crippen LogP) is 4.63. The van der Waals surface area contributed by atoms with Gasteiger partial charge in [0.1, 0.15) is 0 Å². The van der Waals surface area contributed by atoms with Crippen molar-refractivity contribution in [3.8, 4) is 22.3 Å². The molecule has 4 aliphatic carbocycles. The smallest absolute Gasteiger partial charge is 0.00639 e. The minimum atomic E-state index is 1.14. The first-order chi connectivity index (χ1) is 15.9. The molecule has 0 aliphatic heterocycles. The topological polar surface area (TPSA) is 0 Å². The summed E-state index contributed by atoms with van der Waals surface area (Å²) in [5.74, 6) is 0. The van der Waals surface area contributed by atoms with Gasteiger partial charge in [0.25, 0.3) is 0 Å². The minimum Gasteiger partial charge on any atom is -0.0616 e. The van der Waals surface area contributed by atoms with Crippen LogP contribution in [-0.4, -0.2) is 0 Å². The molecular formula is C32H22. The molecule has 4 aliphatic rings. The van der Waals surface area contributed by atoms with Gasteiger partial charge in [0.2, 0.25) is 0 Å². The molecule has 0 bridgehead atoms. The highest BCUT2D eigenvalue weighted by atomic mass is 14.3. The van der Waals surface area contributed by atoms with Crippen LogP contribution in [0.2, 0.25) is 0 Å². The van der Waals surface area contributed by atoms with Crippen LogP contribution in [0, 0.1) is 0 Å². The Kier molecular flexibility index (Phi) is 3.18. The van der Waals surface area contributed by atoms with Crippen LogP contribution in [0.15, 0.2) is 84.9 Å². The van der Waals surface area contributed by atoms with E-state index in [0.717, 1.165) is 25.7 Å². The molecule has 0 fully saturated rings. The molecule has 0 saturated carbocycles. The van der Waals surface area contributed by atoms with Crippen molar-refractivity contribution >= 4 is 22.3 Å². The lowest BCUT2D eigenvalue weighted by atomic mass is 9.83. The molecule has 0 nitrogen and oxygen atoms in total. The molecule has 0 amide bonds. The molecule has 0 atom stereocenters. The van der Waals surface area contributed by atoms with Crippen LogP contribution < -0.4 is 20.9 Å². The summed E-state index contributed by atoms with van der Waals surface area (Å²) in [7, 11) is 0. The van der Waals surface area contributed by atoms with E-state index in [4.69, 9.17) is 0 Å². The molecule has 150 valence electrons. The second-order valence-electron chi connectivity index (χ2n) is 9.46. The summed E-state index contributed by atoms with van der Waals surface area (Å²) in [6, 6.07) is 31.9. The van der Waals surface area contributed by atoms with Crippen LogP contribution in [0.25, 0.3) is 44.5 Å². The summed E-state index contributed by atoms with van der Waals surface area (Å²) >= 11 is 0. The summed E-state index contributed by atoms with van der Waals surface area (Å²) in [5, 5.41) is 5.97. The Morgan fingerprint density at radius 3 is 1.16 bits per heavy atom. The number of hydrogen-bond donors (Lipinski definition) is 0. The lowest BCUT2D eigenvalue weighted by Crippen LogP contribution is -2.37. The predicted molar refractivity (Wildman–Crippen MR) is 133 cm³/mol. The fraction of sp³-hybridized carbons (Fsp3) is 0.125. The van der Waals surface area contributed by atoms with E-state index in [1.165, 1.54) is 54.3 Å². The van der Waals surface area contributed by atoms with Crippen molar-refractivity contribution in [2.24, 2.45) is 0 Å². The average Bonchev–Trinajstić information content (AvgIpc) is 3.36. The largest absolute Gasteiger partial charge is 0.0616 e. The summed E-state index contributed by atoms with van der Waals surface area (Å²) in [4.78, 5) is 0. The molecule has 4 aromatic carbocycles. The molecule has 0 unspecified atom stereocenters. The number of benzene rings is 4. The van der Waals surface area contributed by atoms with Gasteiger partial charge < -0.3 is 0 Å². The Hall–Kier alpha value is -3.64. The van der Waals surface area contributed by atoms with Crippen molar-refractivity contribution in [3.05, 3.63) is 117 Å². The fourth-order valence-corrected chi connectivity index (χ4v) is 6.85. The van der Waals surface area contributed by atoms with Gasteiger partial charge in [0, 0.05) is 0 Å². The molecule has 0 radical (unpaired) electrons. The Morgan fingerprint density at radius 1 is 0.312 bits per heavy atom. The second kappa shape index (κ2) is 5.99. The Morgan fingerprint density at radius 2 is 0.688 bits per heavy atom. The Balaban J connectivity index is 1.52. The van der Waals surface area contributed by atoms with E-state index in [2.05, 4.69) is 84.9 Å². The van der Waals surface area contributed by atoms with Crippen molar-refractivity contribution in [1.82, 2.24) is 0 Å². The van der Waals surface area contributed by atoms with E-state index in [1.807, 2.05) is 0 Å². The van der Waals surface area contributed by atoms with E-state index >= 15 is 0 Å². The molecule has 0 heteroatoms. The maximum absolute atomic E-state index is 2.38. The molecule has 0 aromatic heterocycles. The van der Waals surface area contributed by atoms with E-state index in [0.29, 0.717) is 0 Å². The van der Waals surface area contributed by atoms with Gasteiger partial charge in [-0.2, -0.15) is 0 Å². The van der Waals surface area contributed by atoms with Crippen molar-refractivity contribution in [2.45, 2.75) is 25.7 Å². The highest BCUT2D eigenvalue weighted by molar-refractivity contribution is 5.99. The molecule has 0 heterocycles. The normalized spacial score (nSPS) is 16.6. The molecule has 32 heavy (non-hydrogen) atoms. The number of fused-ring (bicyclic) bond motifs is 6. The first-order valence-electron chi connectivity index (χ1n) is 11.8. The number of hydrogen-bond acceptors (Lipinski definition) is 0. The molecule has 0 spiro atoms. The third-order valence-electron chi connectivity index (χ3n) is 8.08.